The number of piperidine rings is 1. The zero-order valence-corrected chi connectivity index (χ0v) is 18.8. The number of hydrogen-bond acceptors (Lipinski definition) is 4. The van der Waals surface area contributed by atoms with Crippen LogP contribution in [0.15, 0.2) is 51.8 Å². The Bertz CT molecular complexity index is 1100. The van der Waals surface area contributed by atoms with Crippen molar-refractivity contribution in [3.05, 3.63) is 52.8 Å². The van der Waals surface area contributed by atoms with Gasteiger partial charge in [0.15, 0.2) is 0 Å². The predicted molar refractivity (Wildman–Crippen MR) is 119 cm³/mol. The molecule has 0 saturated carbocycles. The van der Waals surface area contributed by atoms with Gasteiger partial charge in [-0.15, -0.1) is 0 Å². The van der Waals surface area contributed by atoms with E-state index >= 15 is 0 Å². The number of nitrogens with zero attached hydrogens (tertiary/aromatic N) is 3. The standard InChI is InChI=1S/C21H25BrN4O2S/c1-2-26-20-11-10-18(29(27,28)25-12-4-3-5-13-25)14-19(20)24-21(26)15-23-17-8-6-16(22)7-9-17/h6-11,14,23H,2-5,12-13,15H2,1H3. The third-order valence-corrected chi connectivity index (χ3v) is 7.79. The van der Waals surface area contributed by atoms with E-state index in [0.29, 0.717) is 24.5 Å². The Hall–Kier alpha value is -1.90. The minimum atomic E-state index is -3.46. The molecule has 0 aliphatic carbocycles. The average Bonchev–Trinajstić information content (AvgIpc) is 3.10. The van der Waals surface area contributed by atoms with Crippen LogP contribution in [0.1, 0.15) is 32.0 Å². The lowest BCUT2D eigenvalue weighted by Crippen LogP contribution is -2.35. The summed E-state index contributed by atoms with van der Waals surface area (Å²) in [6.07, 6.45) is 2.95. The SMILES string of the molecule is CCn1c(CNc2ccc(Br)cc2)nc2cc(S(=O)(=O)N3CCCCC3)ccc21. The van der Waals surface area contributed by atoms with Gasteiger partial charge in [0.25, 0.3) is 0 Å². The van der Waals surface area contributed by atoms with E-state index in [-0.39, 0.29) is 0 Å². The summed E-state index contributed by atoms with van der Waals surface area (Å²) in [5, 5.41) is 3.39. The van der Waals surface area contributed by atoms with Crippen LogP contribution in [-0.4, -0.2) is 35.4 Å². The lowest BCUT2D eigenvalue weighted by Gasteiger charge is -2.25. The van der Waals surface area contributed by atoms with Crippen LogP contribution in [0, 0.1) is 0 Å². The summed E-state index contributed by atoms with van der Waals surface area (Å²) in [7, 11) is -3.46. The highest BCUT2D eigenvalue weighted by Crippen LogP contribution is 2.25. The van der Waals surface area contributed by atoms with Crippen molar-refractivity contribution in [1.82, 2.24) is 13.9 Å². The van der Waals surface area contributed by atoms with Crippen LogP contribution in [0.2, 0.25) is 0 Å². The number of anilines is 1. The third kappa shape index (κ3) is 4.20. The van der Waals surface area contributed by atoms with Gasteiger partial charge < -0.3 is 9.88 Å². The molecule has 1 saturated heterocycles. The van der Waals surface area contributed by atoms with Crippen LogP contribution in [0.4, 0.5) is 5.69 Å². The molecule has 29 heavy (non-hydrogen) atoms. The number of nitrogens with one attached hydrogen (secondary N) is 1. The summed E-state index contributed by atoms with van der Waals surface area (Å²) in [5.74, 6) is 0.887. The maximum Gasteiger partial charge on any atom is 0.243 e. The fraction of sp³-hybridized carbons (Fsp3) is 0.381. The fourth-order valence-electron chi connectivity index (χ4n) is 3.81. The smallest absolute Gasteiger partial charge is 0.243 e. The first-order valence-electron chi connectivity index (χ1n) is 9.98. The van der Waals surface area contributed by atoms with Crippen molar-refractivity contribution < 1.29 is 8.42 Å². The first-order chi connectivity index (χ1) is 14.0. The van der Waals surface area contributed by atoms with Gasteiger partial charge in [-0.3, -0.25) is 0 Å². The van der Waals surface area contributed by atoms with E-state index in [0.717, 1.165) is 52.8 Å². The Morgan fingerprint density at radius 3 is 2.48 bits per heavy atom. The summed E-state index contributed by atoms with van der Waals surface area (Å²) < 4.78 is 30.8. The molecule has 1 fully saturated rings. The predicted octanol–water partition coefficient (Wildman–Crippen LogP) is 4.61. The topological polar surface area (TPSA) is 67.2 Å². The number of hydrogen-bond donors (Lipinski definition) is 1. The molecule has 6 nitrogen and oxygen atoms in total. The van der Waals surface area contributed by atoms with Crippen LogP contribution in [0.5, 0.6) is 0 Å². The van der Waals surface area contributed by atoms with Gasteiger partial charge in [-0.2, -0.15) is 4.31 Å². The molecular weight excluding hydrogens is 452 g/mol. The Labute approximate surface area is 180 Å². The zero-order valence-electron chi connectivity index (χ0n) is 16.4. The van der Waals surface area contributed by atoms with Crippen LogP contribution in [0.3, 0.4) is 0 Å². The van der Waals surface area contributed by atoms with Gasteiger partial charge in [0.05, 0.1) is 22.5 Å². The second kappa shape index (κ2) is 8.45. The van der Waals surface area contributed by atoms with Gasteiger partial charge in [-0.1, -0.05) is 22.4 Å². The number of benzene rings is 2. The minimum Gasteiger partial charge on any atom is -0.378 e. The van der Waals surface area contributed by atoms with Gasteiger partial charge >= 0.3 is 0 Å². The first-order valence-corrected chi connectivity index (χ1v) is 12.2. The highest BCUT2D eigenvalue weighted by Gasteiger charge is 2.26. The molecule has 154 valence electrons. The molecule has 0 spiro atoms. The monoisotopic (exact) mass is 476 g/mol. The second-order valence-electron chi connectivity index (χ2n) is 7.25. The Kier molecular flexibility index (Phi) is 5.94. The molecule has 0 radical (unpaired) electrons. The number of imidazole rings is 1. The van der Waals surface area contributed by atoms with Crippen LogP contribution in [0.25, 0.3) is 11.0 Å². The molecule has 0 bridgehead atoms. The summed E-state index contributed by atoms with van der Waals surface area (Å²) in [5.41, 5.74) is 2.69. The van der Waals surface area contributed by atoms with E-state index in [9.17, 15) is 8.42 Å². The summed E-state index contributed by atoms with van der Waals surface area (Å²) in [4.78, 5) is 5.08. The lowest BCUT2D eigenvalue weighted by atomic mass is 10.2. The van der Waals surface area contributed by atoms with Gasteiger partial charge in [0.2, 0.25) is 10.0 Å². The van der Waals surface area contributed by atoms with Gasteiger partial charge in [0, 0.05) is 29.8 Å². The molecule has 0 unspecified atom stereocenters. The fourth-order valence-corrected chi connectivity index (χ4v) is 5.61. The Morgan fingerprint density at radius 1 is 1.07 bits per heavy atom. The van der Waals surface area contributed by atoms with Crippen molar-refractivity contribution in [1.29, 1.82) is 0 Å². The normalized spacial score (nSPS) is 15.7. The number of aromatic nitrogens is 2. The molecule has 2 heterocycles. The minimum absolute atomic E-state index is 0.333. The first kappa shape index (κ1) is 20.4. The van der Waals surface area contributed by atoms with Gasteiger partial charge in [0.1, 0.15) is 5.82 Å². The van der Waals surface area contributed by atoms with Crippen molar-refractivity contribution in [2.45, 2.75) is 44.2 Å². The van der Waals surface area contributed by atoms with Crippen LogP contribution in [-0.2, 0) is 23.1 Å². The molecule has 2 aromatic carbocycles. The summed E-state index contributed by atoms with van der Waals surface area (Å²) >= 11 is 3.44. The van der Waals surface area contributed by atoms with Gasteiger partial charge in [-0.05, 0) is 62.2 Å². The average molecular weight is 477 g/mol. The molecule has 1 aromatic heterocycles. The molecule has 0 amide bonds. The lowest BCUT2D eigenvalue weighted by molar-refractivity contribution is 0.346. The van der Waals surface area contributed by atoms with Crippen molar-refractivity contribution in [3.8, 4) is 0 Å². The van der Waals surface area contributed by atoms with E-state index in [1.54, 1.807) is 16.4 Å². The van der Waals surface area contributed by atoms with Crippen molar-refractivity contribution in [2.24, 2.45) is 0 Å². The molecule has 1 aliphatic rings. The Morgan fingerprint density at radius 2 is 1.79 bits per heavy atom. The van der Waals surface area contributed by atoms with Gasteiger partial charge in [-0.25, -0.2) is 13.4 Å². The number of sulfonamides is 1. The zero-order chi connectivity index (χ0) is 20.4. The largest absolute Gasteiger partial charge is 0.378 e. The van der Waals surface area contributed by atoms with Crippen molar-refractivity contribution in [3.63, 3.8) is 0 Å². The van der Waals surface area contributed by atoms with E-state index in [4.69, 9.17) is 4.98 Å². The molecule has 1 aliphatic heterocycles. The highest BCUT2D eigenvalue weighted by molar-refractivity contribution is 9.10. The molecule has 0 atom stereocenters. The third-order valence-electron chi connectivity index (χ3n) is 5.36. The van der Waals surface area contributed by atoms with Crippen LogP contribution >= 0.6 is 15.9 Å². The molecule has 8 heteroatoms. The number of aryl methyl sites for hydroxylation is 1. The second-order valence-corrected chi connectivity index (χ2v) is 10.1. The molecular formula is C21H25BrN4O2S. The highest BCUT2D eigenvalue weighted by atomic mass is 79.9. The van der Waals surface area contributed by atoms with Crippen molar-refractivity contribution in [2.75, 3.05) is 18.4 Å². The molecule has 3 aromatic rings. The molecule has 4 rings (SSSR count). The number of rotatable bonds is 6. The van der Waals surface area contributed by atoms with Crippen molar-refractivity contribution >= 4 is 42.7 Å². The summed E-state index contributed by atoms with van der Waals surface area (Å²) in [6, 6.07) is 13.3. The quantitative estimate of drug-likeness (QED) is 0.564. The number of halogens is 1. The molecule has 1 N–H and O–H groups in total. The van der Waals surface area contributed by atoms with Crippen LogP contribution < -0.4 is 5.32 Å². The van der Waals surface area contributed by atoms with E-state index in [1.807, 2.05) is 30.3 Å². The maximum absolute atomic E-state index is 13.0. The maximum atomic E-state index is 13.0. The van der Waals surface area contributed by atoms with E-state index in [2.05, 4.69) is 32.7 Å². The van der Waals surface area contributed by atoms with E-state index < -0.39 is 10.0 Å². The summed E-state index contributed by atoms with van der Waals surface area (Å²) in [6.45, 7) is 4.62. The number of fused-ring (bicyclic) bond motifs is 1. The Balaban J connectivity index is 1.62. The van der Waals surface area contributed by atoms with E-state index in [1.165, 1.54) is 0 Å².